The molecular formula is C11H15NO2. The molecule has 0 fully saturated rings. The molecule has 0 aliphatic rings. The van der Waals surface area contributed by atoms with Crippen LogP contribution in [-0.2, 0) is 4.79 Å². The van der Waals surface area contributed by atoms with Gasteiger partial charge in [-0.15, -0.1) is 0 Å². The van der Waals surface area contributed by atoms with Crippen LogP contribution in [0.15, 0.2) is 30.3 Å². The Balaban J connectivity index is 2.87. The summed E-state index contributed by atoms with van der Waals surface area (Å²) in [6.45, 7) is 1.94. The molecule has 1 unspecified atom stereocenters. The third-order valence-electron chi connectivity index (χ3n) is 2.39. The van der Waals surface area contributed by atoms with Crippen LogP contribution in [0.25, 0.3) is 0 Å². The van der Waals surface area contributed by atoms with E-state index in [1.54, 1.807) is 0 Å². The van der Waals surface area contributed by atoms with Crippen molar-refractivity contribution in [3.05, 3.63) is 35.9 Å². The minimum absolute atomic E-state index is 0.103. The van der Waals surface area contributed by atoms with Crippen LogP contribution in [0.4, 0.5) is 0 Å². The lowest BCUT2D eigenvalue weighted by Crippen LogP contribution is -2.36. The fraction of sp³-hybridized carbons (Fsp3) is 0.364. The number of carbonyl (C=O) groups is 1. The zero-order valence-electron chi connectivity index (χ0n) is 8.18. The lowest BCUT2D eigenvalue weighted by Gasteiger charge is -2.19. The van der Waals surface area contributed by atoms with Gasteiger partial charge in [-0.3, -0.25) is 4.79 Å². The molecule has 0 bridgehead atoms. The van der Waals surface area contributed by atoms with Gasteiger partial charge in [0.1, 0.15) is 6.04 Å². The summed E-state index contributed by atoms with van der Waals surface area (Å²) in [5.74, 6) is -1.05. The van der Waals surface area contributed by atoms with Gasteiger partial charge in [0.25, 0.3) is 0 Å². The zero-order chi connectivity index (χ0) is 10.6. The standard InChI is InChI=1S/C11H15NO2/c1-2-9(10(12)11(13)14)8-6-4-3-5-7-8/h3-7,9-10H,2,12H2,1H3,(H,13,14)/t9?,10-/m0/s1. The van der Waals surface area contributed by atoms with E-state index >= 15 is 0 Å². The number of hydrogen-bond acceptors (Lipinski definition) is 2. The van der Waals surface area contributed by atoms with E-state index in [1.165, 1.54) is 0 Å². The van der Waals surface area contributed by atoms with Gasteiger partial charge >= 0.3 is 5.97 Å². The topological polar surface area (TPSA) is 63.3 Å². The van der Waals surface area contributed by atoms with Gasteiger partial charge in [0, 0.05) is 5.92 Å². The van der Waals surface area contributed by atoms with E-state index in [9.17, 15) is 4.79 Å². The number of nitrogens with two attached hydrogens (primary N) is 1. The van der Waals surface area contributed by atoms with E-state index in [0.717, 1.165) is 12.0 Å². The molecule has 1 rings (SSSR count). The third-order valence-corrected chi connectivity index (χ3v) is 2.39. The summed E-state index contributed by atoms with van der Waals surface area (Å²) in [6.07, 6.45) is 0.734. The first-order valence-corrected chi connectivity index (χ1v) is 4.70. The fourth-order valence-electron chi connectivity index (χ4n) is 1.57. The first kappa shape index (κ1) is 10.7. The highest BCUT2D eigenvalue weighted by molar-refractivity contribution is 5.74. The molecule has 0 heterocycles. The average Bonchev–Trinajstić information content (AvgIpc) is 2.20. The summed E-state index contributed by atoms with van der Waals surface area (Å²) in [5.41, 5.74) is 6.59. The molecule has 0 radical (unpaired) electrons. The van der Waals surface area contributed by atoms with Gasteiger partial charge in [-0.25, -0.2) is 0 Å². The fourth-order valence-corrected chi connectivity index (χ4v) is 1.57. The van der Waals surface area contributed by atoms with Crippen molar-refractivity contribution < 1.29 is 9.90 Å². The summed E-state index contributed by atoms with van der Waals surface area (Å²) in [6, 6.07) is 8.71. The Morgan fingerprint density at radius 3 is 2.43 bits per heavy atom. The number of aliphatic carboxylic acids is 1. The van der Waals surface area contributed by atoms with Gasteiger partial charge in [0.15, 0.2) is 0 Å². The summed E-state index contributed by atoms with van der Waals surface area (Å²) in [4.78, 5) is 10.7. The maximum absolute atomic E-state index is 10.7. The van der Waals surface area contributed by atoms with Crippen LogP contribution in [0.2, 0.25) is 0 Å². The van der Waals surface area contributed by atoms with Crippen LogP contribution in [0.3, 0.4) is 0 Å². The number of rotatable bonds is 4. The predicted octanol–water partition coefficient (Wildman–Crippen LogP) is 1.59. The molecule has 3 heteroatoms. The monoisotopic (exact) mass is 193 g/mol. The van der Waals surface area contributed by atoms with Gasteiger partial charge in [-0.05, 0) is 12.0 Å². The van der Waals surface area contributed by atoms with Crippen molar-refractivity contribution in [2.45, 2.75) is 25.3 Å². The molecule has 0 spiro atoms. The third kappa shape index (κ3) is 2.33. The van der Waals surface area contributed by atoms with Crippen molar-refractivity contribution in [1.29, 1.82) is 0 Å². The van der Waals surface area contributed by atoms with E-state index in [2.05, 4.69) is 0 Å². The normalized spacial score (nSPS) is 14.7. The number of carboxylic acids is 1. The van der Waals surface area contributed by atoms with Crippen LogP contribution in [0, 0.1) is 0 Å². The Morgan fingerprint density at radius 2 is 2.00 bits per heavy atom. The van der Waals surface area contributed by atoms with Crippen LogP contribution in [-0.4, -0.2) is 17.1 Å². The Labute approximate surface area is 83.6 Å². The van der Waals surface area contributed by atoms with Crippen LogP contribution in [0.5, 0.6) is 0 Å². The number of carboxylic acid groups (broad SMARTS) is 1. The van der Waals surface area contributed by atoms with E-state index < -0.39 is 12.0 Å². The van der Waals surface area contributed by atoms with Crippen molar-refractivity contribution in [1.82, 2.24) is 0 Å². The summed E-state index contributed by atoms with van der Waals surface area (Å²) in [5, 5.41) is 8.82. The Bertz CT molecular complexity index is 297. The van der Waals surface area contributed by atoms with E-state index in [1.807, 2.05) is 37.3 Å². The van der Waals surface area contributed by atoms with Crippen molar-refractivity contribution >= 4 is 5.97 Å². The minimum Gasteiger partial charge on any atom is -0.480 e. The molecule has 3 N–H and O–H groups in total. The molecule has 0 aliphatic carbocycles. The van der Waals surface area contributed by atoms with Crippen molar-refractivity contribution in [3.63, 3.8) is 0 Å². The highest BCUT2D eigenvalue weighted by Crippen LogP contribution is 2.21. The second kappa shape index (κ2) is 4.77. The van der Waals surface area contributed by atoms with E-state index in [-0.39, 0.29) is 5.92 Å². The molecule has 3 nitrogen and oxygen atoms in total. The molecule has 14 heavy (non-hydrogen) atoms. The van der Waals surface area contributed by atoms with Crippen LogP contribution < -0.4 is 5.73 Å². The maximum atomic E-state index is 10.7. The Morgan fingerprint density at radius 1 is 1.43 bits per heavy atom. The Kier molecular flexibility index (Phi) is 3.65. The molecular weight excluding hydrogens is 178 g/mol. The average molecular weight is 193 g/mol. The molecule has 1 aromatic rings. The largest absolute Gasteiger partial charge is 0.480 e. The molecule has 0 aromatic heterocycles. The molecule has 1 aromatic carbocycles. The molecule has 0 aliphatic heterocycles. The van der Waals surface area contributed by atoms with E-state index in [4.69, 9.17) is 10.8 Å². The molecule has 0 amide bonds. The summed E-state index contributed by atoms with van der Waals surface area (Å²) in [7, 11) is 0. The van der Waals surface area contributed by atoms with Gasteiger partial charge in [-0.2, -0.15) is 0 Å². The lowest BCUT2D eigenvalue weighted by atomic mass is 9.90. The highest BCUT2D eigenvalue weighted by atomic mass is 16.4. The molecule has 2 atom stereocenters. The first-order chi connectivity index (χ1) is 6.66. The Hall–Kier alpha value is -1.35. The SMILES string of the molecule is CCC(c1ccccc1)[C@H](N)C(=O)O. The second-order valence-corrected chi connectivity index (χ2v) is 3.29. The van der Waals surface area contributed by atoms with Crippen molar-refractivity contribution in [2.24, 2.45) is 5.73 Å². The second-order valence-electron chi connectivity index (χ2n) is 3.29. The number of benzene rings is 1. The molecule has 76 valence electrons. The van der Waals surface area contributed by atoms with Crippen molar-refractivity contribution in [3.8, 4) is 0 Å². The highest BCUT2D eigenvalue weighted by Gasteiger charge is 2.23. The van der Waals surface area contributed by atoms with Gasteiger partial charge < -0.3 is 10.8 Å². The minimum atomic E-state index is -0.944. The van der Waals surface area contributed by atoms with Crippen LogP contribution in [0.1, 0.15) is 24.8 Å². The zero-order valence-corrected chi connectivity index (χ0v) is 8.18. The maximum Gasteiger partial charge on any atom is 0.321 e. The lowest BCUT2D eigenvalue weighted by molar-refractivity contribution is -0.139. The quantitative estimate of drug-likeness (QED) is 0.763. The summed E-state index contributed by atoms with van der Waals surface area (Å²) >= 11 is 0. The molecule has 0 saturated heterocycles. The summed E-state index contributed by atoms with van der Waals surface area (Å²) < 4.78 is 0. The van der Waals surface area contributed by atoms with Gasteiger partial charge in [0.05, 0.1) is 0 Å². The van der Waals surface area contributed by atoms with Gasteiger partial charge in [-0.1, -0.05) is 37.3 Å². The van der Waals surface area contributed by atoms with Crippen molar-refractivity contribution in [2.75, 3.05) is 0 Å². The smallest absolute Gasteiger partial charge is 0.321 e. The first-order valence-electron chi connectivity index (χ1n) is 4.70. The molecule has 0 saturated carbocycles. The van der Waals surface area contributed by atoms with Gasteiger partial charge in [0.2, 0.25) is 0 Å². The predicted molar refractivity (Wildman–Crippen MR) is 55.1 cm³/mol. The number of hydrogen-bond donors (Lipinski definition) is 2. The van der Waals surface area contributed by atoms with Crippen LogP contribution >= 0.6 is 0 Å². The van der Waals surface area contributed by atoms with E-state index in [0.29, 0.717) is 0 Å².